The van der Waals surface area contributed by atoms with Crippen LogP contribution >= 0.6 is 0 Å². The van der Waals surface area contributed by atoms with Gasteiger partial charge in [-0.25, -0.2) is 0 Å². The standard InChI is InChI=1S/C72H120N4O8/c1-17-33-81-69-61-41-57(53-77-37-25-21-29-73(5,6)7)42-62(69)50-64-44-59(55-79-39-27-23-31-75(11,12)13)46-66(71(64)83-35-19-3)52-68-48-60(56-80-40-28-24-32-76(14,15)16)47-67(72(68)84-36-20-4)51-65-45-58(43-63(49-61)70(65)82-34-18-2)54-78-38-26-22-30-74(8,9)10/h41-48H,17-40,49-56H2,1-16H3/q+4. The Labute approximate surface area is 512 Å². The molecule has 8 bridgehead atoms. The lowest BCUT2D eigenvalue weighted by Gasteiger charge is -2.25. The molecule has 0 radical (unpaired) electrons. The summed E-state index contributed by atoms with van der Waals surface area (Å²) in [6, 6.07) is 18.8. The first-order chi connectivity index (χ1) is 40.0. The van der Waals surface area contributed by atoms with Crippen LogP contribution in [0.5, 0.6) is 23.0 Å². The van der Waals surface area contributed by atoms with Crippen LogP contribution in [0.3, 0.4) is 0 Å². The summed E-state index contributed by atoms with van der Waals surface area (Å²) in [6.45, 7) is 20.5. The maximum absolute atomic E-state index is 7.07. The molecule has 472 valence electrons. The van der Waals surface area contributed by atoms with Crippen molar-refractivity contribution in [3.8, 4) is 23.0 Å². The Morgan fingerprint density at radius 2 is 0.440 bits per heavy atom. The monoisotopic (exact) mass is 1170 g/mol. The van der Waals surface area contributed by atoms with Crippen LogP contribution in [0.4, 0.5) is 0 Å². The van der Waals surface area contributed by atoms with Crippen LogP contribution in [0.15, 0.2) is 48.5 Å². The van der Waals surface area contributed by atoms with E-state index >= 15 is 0 Å². The molecular weight excluding hydrogens is 1050 g/mol. The lowest BCUT2D eigenvalue weighted by molar-refractivity contribution is -0.870. The predicted molar refractivity (Wildman–Crippen MR) is 347 cm³/mol. The van der Waals surface area contributed by atoms with Crippen molar-refractivity contribution in [2.75, 3.05) is 164 Å². The molecule has 0 aliphatic heterocycles. The van der Waals surface area contributed by atoms with Crippen LogP contribution in [0.25, 0.3) is 0 Å². The Kier molecular flexibility index (Phi) is 29.8. The molecule has 1 aliphatic rings. The zero-order valence-corrected chi connectivity index (χ0v) is 56.3. The Balaban J connectivity index is 1.79. The number of quaternary nitrogens is 4. The summed E-state index contributed by atoms with van der Waals surface area (Å²) < 4.78 is 58.5. The molecule has 0 saturated heterocycles. The third-order valence-corrected chi connectivity index (χ3v) is 15.1. The third-order valence-electron chi connectivity index (χ3n) is 15.1. The molecule has 0 amide bonds. The number of unbranched alkanes of at least 4 members (excludes halogenated alkanes) is 4. The first-order valence-corrected chi connectivity index (χ1v) is 32.6. The number of nitrogens with zero attached hydrogens (tertiary/aromatic N) is 4. The SMILES string of the molecule is CCCOc1c2cc(COCCCC[N+](C)(C)C)cc1Cc1cc(COCCCC[N+](C)(C)C)cc(c1OCCC)Cc1cc(COCCCC[N+](C)(C)C)cc(c1OCCC)Cc1cc(COCCCC[N+](C)(C)C)cc(c1OCCC)C2. The maximum Gasteiger partial charge on any atom is 0.126 e. The van der Waals surface area contributed by atoms with Gasteiger partial charge in [-0.3, -0.25) is 0 Å². The first kappa shape index (κ1) is 70.5. The molecular formula is C72H120N4O8+4. The summed E-state index contributed by atoms with van der Waals surface area (Å²) in [5.41, 5.74) is 13.6. The summed E-state index contributed by atoms with van der Waals surface area (Å²) >= 11 is 0. The minimum atomic E-state index is 0.509. The Bertz CT molecular complexity index is 2110. The fourth-order valence-electron chi connectivity index (χ4n) is 11.0. The van der Waals surface area contributed by atoms with Gasteiger partial charge in [0.2, 0.25) is 0 Å². The maximum atomic E-state index is 7.07. The minimum Gasteiger partial charge on any atom is -0.493 e. The highest BCUT2D eigenvalue weighted by Gasteiger charge is 2.26. The molecule has 0 saturated carbocycles. The van der Waals surface area contributed by atoms with E-state index in [1.165, 1.54) is 0 Å². The third kappa shape index (κ3) is 26.4. The van der Waals surface area contributed by atoms with Crippen molar-refractivity contribution in [3.05, 3.63) is 115 Å². The van der Waals surface area contributed by atoms with E-state index in [0.717, 1.165) is 211 Å². The number of hydrogen-bond acceptors (Lipinski definition) is 8. The first-order valence-electron chi connectivity index (χ1n) is 32.6. The van der Waals surface area contributed by atoms with Crippen molar-refractivity contribution in [3.63, 3.8) is 0 Å². The van der Waals surface area contributed by atoms with E-state index < -0.39 is 0 Å². The molecule has 0 atom stereocenters. The average molecular weight is 1170 g/mol. The van der Waals surface area contributed by atoms with E-state index in [9.17, 15) is 0 Å². The van der Waals surface area contributed by atoms with Gasteiger partial charge >= 0.3 is 0 Å². The molecule has 0 aromatic heterocycles. The molecule has 0 fully saturated rings. The minimum absolute atomic E-state index is 0.509. The zero-order valence-electron chi connectivity index (χ0n) is 56.3. The molecule has 0 spiro atoms. The number of rotatable bonds is 40. The largest absolute Gasteiger partial charge is 0.493 e. The van der Waals surface area contributed by atoms with Crippen LogP contribution in [0, 0.1) is 0 Å². The fourth-order valence-corrected chi connectivity index (χ4v) is 11.0. The van der Waals surface area contributed by atoms with Crippen molar-refractivity contribution >= 4 is 0 Å². The van der Waals surface area contributed by atoms with Gasteiger partial charge in [0.25, 0.3) is 0 Å². The summed E-state index contributed by atoms with van der Waals surface area (Å²) in [5, 5.41) is 0. The zero-order chi connectivity index (χ0) is 61.2. The molecule has 5 rings (SSSR count). The summed E-state index contributed by atoms with van der Waals surface area (Å²) in [7, 11) is 27.1. The number of fused-ring (bicyclic) bond motifs is 8. The van der Waals surface area contributed by atoms with E-state index in [1.54, 1.807) is 0 Å². The topological polar surface area (TPSA) is 73.8 Å². The molecule has 4 aromatic carbocycles. The summed E-state index contributed by atoms with van der Waals surface area (Å²) in [6.07, 6.45) is 14.5. The highest BCUT2D eigenvalue weighted by molar-refractivity contribution is 5.58. The second kappa shape index (κ2) is 35.5. The van der Waals surface area contributed by atoms with Gasteiger partial charge in [0, 0.05) is 52.1 Å². The molecule has 12 nitrogen and oxygen atoms in total. The number of benzene rings is 4. The quantitative estimate of drug-likeness (QED) is 0.0284. The lowest BCUT2D eigenvalue weighted by Crippen LogP contribution is -2.35. The fraction of sp³-hybridized carbons (Fsp3) is 0.667. The summed E-state index contributed by atoms with van der Waals surface area (Å²) in [4.78, 5) is 0. The van der Waals surface area contributed by atoms with Crippen molar-refractivity contribution in [2.45, 2.75) is 157 Å². The van der Waals surface area contributed by atoms with E-state index in [1.807, 2.05) is 0 Å². The smallest absolute Gasteiger partial charge is 0.126 e. The number of hydrogen-bond donors (Lipinski definition) is 0. The second-order valence-corrected chi connectivity index (χ2v) is 28.2. The Hall–Kier alpha value is -4.24. The van der Waals surface area contributed by atoms with Gasteiger partial charge in [0.05, 0.1) is 164 Å². The van der Waals surface area contributed by atoms with Crippen LogP contribution in [0.2, 0.25) is 0 Å². The lowest BCUT2D eigenvalue weighted by atomic mass is 9.88. The van der Waals surface area contributed by atoms with E-state index in [2.05, 4.69) is 161 Å². The molecule has 0 unspecified atom stereocenters. The van der Waals surface area contributed by atoms with Gasteiger partial charge in [0.1, 0.15) is 23.0 Å². The normalized spacial score (nSPS) is 13.1. The van der Waals surface area contributed by atoms with E-state index in [4.69, 9.17) is 37.9 Å². The van der Waals surface area contributed by atoms with Crippen molar-refractivity contribution in [1.29, 1.82) is 0 Å². The predicted octanol–water partition coefficient (Wildman–Crippen LogP) is 13.5. The molecule has 0 N–H and O–H groups in total. The van der Waals surface area contributed by atoms with E-state index in [-0.39, 0.29) is 0 Å². The Morgan fingerprint density at radius 1 is 0.262 bits per heavy atom. The van der Waals surface area contributed by atoms with Crippen LogP contribution in [-0.4, -0.2) is 182 Å². The van der Waals surface area contributed by atoms with Gasteiger partial charge in [0.15, 0.2) is 0 Å². The molecule has 0 heterocycles. The number of ether oxygens (including phenoxy) is 8. The molecule has 4 aromatic rings. The van der Waals surface area contributed by atoms with Crippen molar-refractivity contribution in [1.82, 2.24) is 0 Å². The van der Waals surface area contributed by atoms with Crippen LogP contribution in [0.1, 0.15) is 172 Å². The Morgan fingerprint density at radius 3 is 0.595 bits per heavy atom. The van der Waals surface area contributed by atoms with Crippen molar-refractivity contribution < 1.29 is 55.8 Å². The highest BCUT2D eigenvalue weighted by atomic mass is 16.5. The average Bonchev–Trinajstić information content (AvgIpc) is 3.58. The van der Waals surface area contributed by atoms with Gasteiger partial charge in [-0.2, -0.15) is 0 Å². The van der Waals surface area contributed by atoms with Gasteiger partial charge in [-0.1, -0.05) is 27.7 Å². The molecule has 12 heteroatoms. The summed E-state index contributed by atoms with van der Waals surface area (Å²) in [5.74, 6) is 3.73. The van der Waals surface area contributed by atoms with E-state index in [0.29, 0.717) is 105 Å². The van der Waals surface area contributed by atoms with Gasteiger partial charge in [-0.15, -0.1) is 0 Å². The van der Waals surface area contributed by atoms with Crippen LogP contribution < -0.4 is 18.9 Å². The van der Waals surface area contributed by atoms with Gasteiger partial charge in [-0.05, 0) is 192 Å². The molecule has 84 heavy (non-hydrogen) atoms. The van der Waals surface area contributed by atoms with Crippen molar-refractivity contribution in [2.24, 2.45) is 0 Å². The van der Waals surface area contributed by atoms with Gasteiger partial charge < -0.3 is 55.8 Å². The molecule has 1 aliphatic carbocycles. The second-order valence-electron chi connectivity index (χ2n) is 28.2. The highest BCUT2D eigenvalue weighted by Crippen LogP contribution is 2.41. The van der Waals surface area contributed by atoms with Crippen LogP contribution in [-0.2, 0) is 71.1 Å².